The zero-order valence-electron chi connectivity index (χ0n) is 21.7. The molecule has 3 heterocycles. The van der Waals surface area contributed by atoms with Gasteiger partial charge in [-0.15, -0.1) is 0 Å². The Balaban J connectivity index is 1.53. The molecule has 4 aromatic rings. The number of ether oxygens (including phenoxy) is 2. The van der Waals surface area contributed by atoms with Gasteiger partial charge in [-0.1, -0.05) is 18.2 Å². The lowest BCUT2D eigenvalue weighted by Gasteiger charge is -2.15. The second kappa shape index (κ2) is 12.3. The molecule has 11 heteroatoms. The summed E-state index contributed by atoms with van der Waals surface area (Å²) in [6.45, 7) is 3.51. The molecule has 198 valence electrons. The van der Waals surface area contributed by atoms with Crippen LogP contribution in [-0.4, -0.2) is 58.9 Å². The molecule has 0 radical (unpaired) electrons. The number of aromatic nitrogens is 4. The molecule has 3 aromatic heterocycles. The Morgan fingerprint density at radius 1 is 1.13 bits per heavy atom. The Hall–Kier alpha value is -4.35. The van der Waals surface area contributed by atoms with Gasteiger partial charge in [0.2, 0.25) is 0 Å². The van der Waals surface area contributed by atoms with Gasteiger partial charge in [-0.25, -0.2) is 4.98 Å². The van der Waals surface area contributed by atoms with E-state index in [2.05, 4.69) is 20.4 Å². The molecule has 38 heavy (non-hydrogen) atoms. The molecule has 0 unspecified atom stereocenters. The Morgan fingerprint density at radius 3 is 2.68 bits per heavy atom. The number of fused-ring (bicyclic) bond motifs is 1. The number of benzene rings is 1. The molecule has 0 aliphatic rings. The van der Waals surface area contributed by atoms with Gasteiger partial charge in [0.25, 0.3) is 11.8 Å². The lowest BCUT2D eigenvalue weighted by Crippen LogP contribution is -2.32. The fourth-order valence-electron chi connectivity index (χ4n) is 3.90. The summed E-state index contributed by atoms with van der Waals surface area (Å²) in [5, 5.41) is 9.26. The van der Waals surface area contributed by atoms with Crippen molar-refractivity contribution >= 4 is 34.2 Å². The largest absolute Gasteiger partial charge is 0.383 e. The standard InChI is InChI=1S/C27H31N7O4/c1-4-38-16-21-7-5-19(13-30-21)14-34-15-23(26(32-34)33(2)24(35)17-37-3)27(36)31-12-18-6-8-22-20(11-18)9-10-29-25(22)28/h5-11,13,15H,4,12,14,16-17H2,1-3H3,(H2,28,29)(H,31,36). The highest BCUT2D eigenvalue weighted by molar-refractivity contribution is 6.03. The van der Waals surface area contributed by atoms with Gasteiger partial charge in [0.05, 0.1) is 18.8 Å². The summed E-state index contributed by atoms with van der Waals surface area (Å²) >= 11 is 0. The minimum atomic E-state index is -0.358. The smallest absolute Gasteiger partial charge is 0.256 e. The number of pyridine rings is 2. The van der Waals surface area contributed by atoms with Crippen LogP contribution in [0.5, 0.6) is 0 Å². The monoisotopic (exact) mass is 517 g/mol. The number of nitrogen functional groups attached to an aromatic ring is 1. The minimum absolute atomic E-state index is 0.134. The van der Waals surface area contributed by atoms with Crippen molar-refractivity contribution in [2.24, 2.45) is 0 Å². The van der Waals surface area contributed by atoms with Crippen molar-refractivity contribution in [2.45, 2.75) is 26.6 Å². The van der Waals surface area contributed by atoms with E-state index in [9.17, 15) is 9.59 Å². The molecule has 11 nitrogen and oxygen atoms in total. The second-order valence-corrected chi connectivity index (χ2v) is 8.68. The number of methoxy groups -OCH3 is 1. The van der Waals surface area contributed by atoms with Crippen molar-refractivity contribution in [3.63, 3.8) is 0 Å². The number of rotatable bonds is 11. The number of amides is 2. The van der Waals surface area contributed by atoms with Gasteiger partial charge in [0.15, 0.2) is 5.82 Å². The molecular formula is C27H31N7O4. The molecule has 3 N–H and O–H groups in total. The lowest BCUT2D eigenvalue weighted by atomic mass is 10.1. The number of nitrogens with two attached hydrogens (primary N) is 1. The van der Waals surface area contributed by atoms with Crippen molar-refractivity contribution < 1.29 is 19.1 Å². The maximum Gasteiger partial charge on any atom is 0.256 e. The summed E-state index contributed by atoms with van der Waals surface area (Å²) in [5.74, 6) is 0.0122. The molecular weight excluding hydrogens is 486 g/mol. The summed E-state index contributed by atoms with van der Waals surface area (Å²) in [7, 11) is 3.00. The van der Waals surface area contributed by atoms with E-state index in [1.165, 1.54) is 12.0 Å². The van der Waals surface area contributed by atoms with E-state index in [0.29, 0.717) is 25.6 Å². The van der Waals surface area contributed by atoms with E-state index in [0.717, 1.165) is 27.6 Å². The highest BCUT2D eigenvalue weighted by Crippen LogP contribution is 2.21. The topological polar surface area (TPSA) is 137 Å². The molecule has 0 fully saturated rings. The Bertz CT molecular complexity index is 1420. The number of anilines is 2. The third kappa shape index (κ3) is 6.31. The number of nitrogens with zero attached hydrogens (tertiary/aromatic N) is 5. The summed E-state index contributed by atoms with van der Waals surface area (Å²) in [4.78, 5) is 35.6. The van der Waals surface area contributed by atoms with E-state index in [4.69, 9.17) is 15.2 Å². The van der Waals surface area contributed by atoms with Crippen molar-refractivity contribution in [3.05, 3.63) is 77.4 Å². The van der Waals surface area contributed by atoms with Crippen LogP contribution >= 0.6 is 0 Å². The third-order valence-corrected chi connectivity index (χ3v) is 5.94. The molecule has 0 aliphatic heterocycles. The highest BCUT2D eigenvalue weighted by atomic mass is 16.5. The number of carbonyl (C=O) groups excluding carboxylic acids is 2. The average molecular weight is 518 g/mol. The fourth-order valence-corrected chi connectivity index (χ4v) is 3.90. The van der Waals surface area contributed by atoms with Gasteiger partial charge in [0, 0.05) is 51.3 Å². The quantitative estimate of drug-likeness (QED) is 0.310. The molecule has 0 saturated carbocycles. The molecule has 0 aliphatic carbocycles. The van der Waals surface area contributed by atoms with Crippen LogP contribution in [0.3, 0.4) is 0 Å². The predicted molar refractivity (Wildman–Crippen MR) is 144 cm³/mol. The molecule has 0 bridgehead atoms. The van der Waals surface area contributed by atoms with Crippen LogP contribution in [0.2, 0.25) is 0 Å². The van der Waals surface area contributed by atoms with Crippen molar-refractivity contribution in [1.82, 2.24) is 25.1 Å². The lowest BCUT2D eigenvalue weighted by molar-refractivity contribution is -0.121. The summed E-state index contributed by atoms with van der Waals surface area (Å²) in [5.41, 5.74) is 8.82. The Kier molecular flexibility index (Phi) is 8.62. The third-order valence-electron chi connectivity index (χ3n) is 5.94. The van der Waals surface area contributed by atoms with Gasteiger partial charge in [-0.2, -0.15) is 5.10 Å². The average Bonchev–Trinajstić information content (AvgIpc) is 3.35. The SMILES string of the molecule is CCOCc1ccc(Cn2cc(C(=O)NCc3ccc4c(N)nccc4c3)c(N(C)C(=O)COC)n2)cn1. The van der Waals surface area contributed by atoms with Crippen molar-refractivity contribution in [1.29, 1.82) is 0 Å². The van der Waals surface area contributed by atoms with E-state index >= 15 is 0 Å². The molecule has 2 amide bonds. The summed E-state index contributed by atoms with van der Waals surface area (Å²) in [6.07, 6.45) is 5.02. The van der Waals surface area contributed by atoms with Gasteiger partial charge in [-0.3, -0.25) is 24.2 Å². The molecule has 4 rings (SSSR count). The number of likely N-dealkylation sites (N-methyl/N-ethyl adjacent to an activating group) is 1. The van der Waals surface area contributed by atoms with E-state index < -0.39 is 0 Å². The van der Waals surface area contributed by atoms with Gasteiger partial charge in [0.1, 0.15) is 18.0 Å². The first-order valence-corrected chi connectivity index (χ1v) is 12.2. The first-order valence-electron chi connectivity index (χ1n) is 12.2. The van der Waals surface area contributed by atoms with Crippen LogP contribution in [0.15, 0.2) is 55.0 Å². The maximum absolute atomic E-state index is 13.3. The number of carbonyl (C=O) groups is 2. The zero-order chi connectivity index (χ0) is 27.1. The van der Waals surface area contributed by atoms with E-state index in [1.807, 2.05) is 43.3 Å². The van der Waals surface area contributed by atoms with Crippen LogP contribution in [0.25, 0.3) is 10.8 Å². The fraction of sp³-hybridized carbons (Fsp3) is 0.296. The summed E-state index contributed by atoms with van der Waals surface area (Å²) < 4.78 is 12.0. The highest BCUT2D eigenvalue weighted by Gasteiger charge is 2.23. The number of hydrogen-bond donors (Lipinski definition) is 2. The van der Waals surface area contributed by atoms with Crippen molar-refractivity contribution in [3.8, 4) is 0 Å². The zero-order valence-corrected chi connectivity index (χ0v) is 21.7. The first kappa shape index (κ1) is 26.7. The van der Waals surface area contributed by atoms with E-state index in [1.54, 1.807) is 30.3 Å². The van der Waals surface area contributed by atoms with Crippen molar-refractivity contribution in [2.75, 3.05) is 38.0 Å². The van der Waals surface area contributed by atoms with Gasteiger partial charge in [-0.05, 0) is 41.6 Å². The van der Waals surface area contributed by atoms with Crippen LogP contribution in [-0.2, 0) is 34.0 Å². The number of hydrogen-bond acceptors (Lipinski definition) is 8. The normalized spacial score (nSPS) is 11.0. The van der Waals surface area contributed by atoms with Crippen LogP contribution in [0.4, 0.5) is 11.6 Å². The molecule has 0 spiro atoms. The predicted octanol–water partition coefficient (Wildman–Crippen LogP) is 2.53. The van der Waals surface area contributed by atoms with E-state index in [-0.39, 0.29) is 36.3 Å². The molecule has 1 aromatic carbocycles. The van der Waals surface area contributed by atoms with Crippen LogP contribution in [0.1, 0.15) is 34.1 Å². The minimum Gasteiger partial charge on any atom is -0.383 e. The Morgan fingerprint density at radius 2 is 1.95 bits per heavy atom. The van der Waals surface area contributed by atoms with Gasteiger partial charge < -0.3 is 20.5 Å². The first-order chi connectivity index (χ1) is 18.4. The molecule has 0 atom stereocenters. The second-order valence-electron chi connectivity index (χ2n) is 8.68. The molecule has 0 saturated heterocycles. The van der Waals surface area contributed by atoms with Crippen LogP contribution < -0.4 is 16.0 Å². The van der Waals surface area contributed by atoms with Crippen LogP contribution in [0, 0.1) is 0 Å². The number of nitrogens with one attached hydrogen (secondary N) is 1. The summed E-state index contributed by atoms with van der Waals surface area (Å²) in [6, 6.07) is 11.4. The van der Waals surface area contributed by atoms with Gasteiger partial charge >= 0.3 is 0 Å². The maximum atomic E-state index is 13.3. The Labute approximate surface area is 220 Å².